The van der Waals surface area contributed by atoms with Crippen LogP contribution in [-0.4, -0.2) is 54.1 Å². The molecule has 31 heavy (non-hydrogen) atoms. The van der Waals surface area contributed by atoms with Gasteiger partial charge in [0.1, 0.15) is 17.4 Å². The largest absolute Gasteiger partial charge is 0.497 e. The third-order valence-corrected chi connectivity index (χ3v) is 5.19. The first-order valence-corrected chi connectivity index (χ1v) is 10.1. The maximum absolute atomic E-state index is 13.0. The standard InChI is InChI=1S/C23H24FN5O2/c1-31-20-8-6-19(7-9-20)26-21-10-11-25-23(27-21)29-14-12-28(13-15-29)22(30)16-17-2-4-18(24)5-3-17/h2-11H,12-16H2,1H3,(H,25,26,27). The summed E-state index contributed by atoms with van der Waals surface area (Å²) in [5, 5.41) is 3.27. The number of rotatable bonds is 6. The Labute approximate surface area is 180 Å². The molecule has 0 unspecified atom stereocenters. The summed E-state index contributed by atoms with van der Waals surface area (Å²) >= 11 is 0. The molecule has 0 atom stereocenters. The van der Waals surface area contributed by atoms with Crippen LogP contribution in [0.1, 0.15) is 5.56 Å². The molecule has 2 heterocycles. The van der Waals surface area contributed by atoms with Gasteiger partial charge in [-0.1, -0.05) is 12.1 Å². The molecule has 0 radical (unpaired) electrons. The van der Waals surface area contributed by atoms with Crippen molar-refractivity contribution < 1.29 is 13.9 Å². The molecule has 1 amide bonds. The second-order valence-corrected chi connectivity index (χ2v) is 7.27. The van der Waals surface area contributed by atoms with Crippen LogP contribution in [0.3, 0.4) is 0 Å². The van der Waals surface area contributed by atoms with Gasteiger partial charge in [-0.3, -0.25) is 4.79 Å². The molecular weight excluding hydrogens is 397 g/mol. The number of amides is 1. The van der Waals surface area contributed by atoms with Crippen molar-refractivity contribution in [2.45, 2.75) is 6.42 Å². The van der Waals surface area contributed by atoms with Gasteiger partial charge in [0.05, 0.1) is 13.5 Å². The van der Waals surface area contributed by atoms with Crippen LogP contribution in [0.2, 0.25) is 0 Å². The van der Waals surface area contributed by atoms with E-state index in [-0.39, 0.29) is 18.1 Å². The van der Waals surface area contributed by atoms with E-state index in [0.717, 1.165) is 17.0 Å². The molecule has 8 heteroatoms. The lowest BCUT2D eigenvalue weighted by Crippen LogP contribution is -2.49. The predicted molar refractivity (Wildman–Crippen MR) is 117 cm³/mol. The number of nitrogens with zero attached hydrogens (tertiary/aromatic N) is 4. The maximum Gasteiger partial charge on any atom is 0.227 e. The number of methoxy groups -OCH3 is 1. The summed E-state index contributed by atoms with van der Waals surface area (Å²) in [6, 6.07) is 15.5. The van der Waals surface area contributed by atoms with Crippen LogP contribution in [0.25, 0.3) is 0 Å². The lowest BCUT2D eigenvalue weighted by Gasteiger charge is -2.34. The van der Waals surface area contributed by atoms with Crippen LogP contribution in [0.15, 0.2) is 60.8 Å². The molecule has 1 aliphatic heterocycles. The molecule has 2 aromatic carbocycles. The third-order valence-electron chi connectivity index (χ3n) is 5.19. The minimum Gasteiger partial charge on any atom is -0.497 e. The Balaban J connectivity index is 1.33. The van der Waals surface area contributed by atoms with Crippen LogP contribution >= 0.6 is 0 Å². The van der Waals surface area contributed by atoms with Crippen LogP contribution in [0.4, 0.5) is 21.8 Å². The molecule has 1 aromatic heterocycles. The summed E-state index contributed by atoms with van der Waals surface area (Å²) in [5.41, 5.74) is 1.72. The number of ether oxygens (including phenoxy) is 1. The number of halogens is 1. The topological polar surface area (TPSA) is 70.6 Å². The number of anilines is 3. The van der Waals surface area contributed by atoms with Crippen LogP contribution in [-0.2, 0) is 11.2 Å². The second kappa shape index (κ2) is 9.42. The van der Waals surface area contributed by atoms with E-state index >= 15 is 0 Å². The van der Waals surface area contributed by atoms with Gasteiger partial charge < -0.3 is 19.9 Å². The van der Waals surface area contributed by atoms with Crippen LogP contribution < -0.4 is 15.0 Å². The molecule has 3 aromatic rings. The van der Waals surface area contributed by atoms with Crippen molar-refractivity contribution >= 4 is 23.4 Å². The average molecular weight is 421 g/mol. The van der Waals surface area contributed by atoms with Crippen LogP contribution in [0.5, 0.6) is 5.75 Å². The smallest absolute Gasteiger partial charge is 0.227 e. The van der Waals surface area contributed by atoms with E-state index in [1.165, 1.54) is 12.1 Å². The molecule has 160 valence electrons. The summed E-state index contributed by atoms with van der Waals surface area (Å²) in [5.74, 6) is 1.87. The van der Waals surface area contributed by atoms with Crippen molar-refractivity contribution in [2.24, 2.45) is 0 Å². The van der Waals surface area contributed by atoms with E-state index in [4.69, 9.17) is 4.74 Å². The summed E-state index contributed by atoms with van der Waals surface area (Å²) in [4.78, 5) is 25.5. The summed E-state index contributed by atoms with van der Waals surface area (Å²) in [6.45, 7) is 2.50. The Morgan fingerprint density at radius 3 is 2.42 bits per heavy atom. The Hall–Kier alpha value is -3.68. The average Bonchev–Trinajstić information content (AvgIpc) is 2.81. The van der Waals surface area contributed by atoms with E-state index in [2.05, 4.69) is 20.2 Å². The van der Waals surface area contributed by atoms with Gasteiger partial charge in [0.2, 0.25) is 11.9 Å². The Kier molecular flexibility index (Phi) is 6.26. The zero-order valence-corrected chi connectivity index (χ0v) is 17.3. The second-order valence-electron chi connectivity index (χ2n) is 7.27. The number of carbonyl (C=O) groups excluding carboxylic acids is 1. The van der Waals surface area contributed by atoms with Gasteiger partial charge in [-0.15, -0.1) is 0 Å². The fourth-order valence-electron chi connectivity index (χ4n) is 3.44. The molecule has 0 aliphatic carbocycles. The summed E-state index contributed by atoms with van der Waals surface area (Å²) in [7, 11) is 1.63. The van der Waals surface area contributed by atoms with Crippen molar-refractivity contribution in [2.75, 3.05) is 43.5 Å². The molecule has 1 fully saturated rings. The number of carbonyl (C=O) groups is 1. The first-order valence-electron chi connectivity index (χ1n) is 10.1. The van der Waals surface area contributed by atoms with Gasteiger partial charge >= 0.3 is 0 Å². The molecule has 1 saturated heterocycles. The monoisotopic (exact) mass is 421 g/mol. The van der Waals surface area contributed by atoms with Crippen molar-refractivity contribution in [1.82, 2.24) is 14.9 Å². The minimum absolute atomic E-state index is 0.0436. The highest BCUT2D eigenvalue weighted by atomic mass is 19.1. The number of nitrogens with one attached hydrogen (secondary N) is 1. The molecule has 0 bridgehead atoms. The zero-order valence-electron chi connectivity index (χ0n) is 17.3. The fraction of sp³-hybridized carbons (Fsp3) is 0.261. The van der Waals surface area contributed by atoms with Crippen molar-refractivity contribution in [3.05, 3.63) is 72.2 Å². The quantitative estimate of drug-likeness (QED) is 0.659. The Morgan fingerprint density at radius 1 is 1.03 bits per heavy atom. The fourth-order valence-corrected chi connectivity index (χ4v) is 3.44. The zero-order chi connectivity index (χ0) is 21.6. The van der Waals surface area contributed by atoms with E-state index in [1.54, 1.807) is 25.4 Å². The lowest BCUT2D eigenvalue weighted by atomic mass is 10.1. The number of piperazine rings is 1. The molecule has 7 nitrogen and oxygen atoms in total. The van der Waals surface area contributed by atoms with E-state index in [9.17, 15) is 9.18 Å². The number of aromatic nitrogens is 2. The number of hydrogen-bond donors (Lipinski definition) is 1. The van der Waals surface area contributed by atoms with Gasteiger partial charge in [0.25, 0.3) is 0 Å². The van der Waals surface area contributed by atoms with E-state index in [0.29, 0.717) is 37.9 Å². The molecule has 1 aliphatic rings. The third kappa shape index (κ3) is 5.28. The van der Waals surface area contributed by atoms with Crippen molar-refractivity contribution in [3.63, 3.8) is 0 Å². The molecule has 4 rings (SSSR count). The molecular formula is C23H24FN5O2. The van der Waals surface area contributed by atoms with Gasteiger partial charge in [0, 0.05) is 38.1 Å². The predicted octanol–water partition coefficient (Wildman–Crippen LogP) is 3.26. The SMILES string of the molecule is COc1ccc(Nc2ccnc(N3CCN(C(=O)Cc4ccc(F)cc4)CC3)n2)cc1. The first-order chi connectivity index (χ1) is 15.1. The molecule has 1 N–H and O–H groups in total. The molecule has 0 saturated carbocycles. The van der Waals surface area contributed by atoms with Crippen molar-refractivity contribution in [1.29, 1.82) is 0 Å². The highest BCUT2D eigenvalue weighted by Crippen LogP contribution is 2.20. The maximum atomic E-state index is 13.0. The number of benzene rings is 2. The first kappa shape index (κ1) is 20.6. The van der Waals surface area contributed by atoms with Gasteiger partial charge in [-0.05, 0) is 48.0 Å². The Morgan fingerprint density at radius 2 is 1.74 bits per heavy atom. The van der Waals surface area contributed by atoms with Gasteiger partial charge in [0.15, 0.2) is 0 Å². The highest BCUT2D eigenvalue weighted by Gasteiger charge is 2.22. The van der Waals surface area contributed by atoms with Crippen molar-refractivity contribution in [3.8, 4) is 5.75 Å². The van der Waals surface area contributed by atoms with E-state index in [1.807, 2.05) is 35.2 Å². The van der Waals surface area contributed by atoms with E-state index < -0.39 is 0 Å². The van der Waals surface area contributed by atoms with Crippen LogP contribution in [0, 0.1) is 5.82 Å². The Bertz CT molecular complexity index is 1020. The summed E-state index contributed by atoms with van der Waals surface area (Å²) in [6.07, 6.45) is 2.00. The minimum atomic E-state index is -0.298. The normalized spacial score (nSPS) is 13.7. The lowest BCUT2D eigenvalue weighted by molar-refractivity contribution is -0.130. The number of hydrogen-bond acceptors (Lipinski definition) is 6. The van der Waals surface area contributed by atoms with Gasteiger partial charge in [-0.2, -0.15) is 4.98 Å². The molecule has 0 spiro atoms. The summed E-state index contributed by atoms with van der Waals surface area (Å²) < 4.78 is 18.2. The highest BCUT2D eigenvalue weighted by molar-refractivity contribution is 5.79. The van der Waals surface area contributed by atoms with Gasteiger partial charge in [-0.25, -0.2) is 9.37 Å².